The number of amides is 1. The largest absolute Gasteiger partial charge is 0.495 e. The third kappa shape index (κ3) is 4.40. The highest BCUT2D eigenvalue weighted by Gasteiger charge is 2.13. The molecule has 0 unspecified atom stereocenters. The van der Waals surface area contributed by atoms with Crippen LogP contribution in [0.2, 0.25) is 5.02 Å². The normalized spacial score (nSPS) is 9.96. The number of nitrogens with zero attached hydrogens (tertiary/aromatic N) is 2. The highest BCUT2D eigenvalue weighted by atomic mass is 79.9. The molecule has 0 radical (unpaired) electrons. The molecule has 7 heteroatoms. The number of halogens is 2. The zero-order valence-electron chi connectivity index (χ0n) is 13.1. The van der Waals surface area contributed by atoms with Crippen LogP contribution < -0.4 is 15.0 Å². The lowest BCUT2D eigenvalue weighted by atomic mass is 10.2. The van der Waals surface area contributed by atoms with Crippen LogP contribution in [0.3, 0.4) is 0 Å². The van der Waals surface area contributed by atoms with Crippen molar-refractivity contribution in [3.63, 3.8) is 0 Å². The number of hydrogen-bond donors (Lipinski definition) is 1. The lowest BCUT2D eigenvalue weighted by molar-refractivity contribution is -0.114. The summed E-state index contributed by atoms with van der Waals surface area (Å²) < 4.78 is 5.96. The fourth-order valence-corrected chi connectivity index (χ4v) is 3.01. The number of nitriles is 1. The van der Waals surface area contributed by atoms with E-state index in [0.717, 1.165) is 10.2 Å². The number of methoxy groups -OCH3 is 1. The predicted molar refractivity (Wildman–Crippen MR) is 98.8 cm³/mol. The second-order valence-electron chi connectivity index (χ2n) is 5.03. The molecule has 0 aliphatic heterocycles. The molecule has 1 N–H and O–H groups in total. The Morgan fingerprint density at radius 3 is 2.75 bits per heavy atom. The molecular formula is C17H15BrClN3O2. The first kappa shape index (κ1) is 18.1. The third-order valence-corrected chi connectivity index (χ3v) is 4.17. The molecule has 1 amide bonds. The molecule has 5 nitrogen and oxygen atoms in total. The van der Waals surface area contributed by atoms with Crippen LogP contribution in [0.15, 0.2) is 40.9 Å². The number of carbonyl (C=O) groups is 1. The summed E-state index contributed by atoms with van der Waals surface area (Å²) >= 11 is 9.37. The van der Waals surface area contributed by atoms with Crippen LogP contribution in [-0.4, -0.2) is 26.6 Å². The first-order valence-electron chi connectivity index (χ1n) is 6.98. The molecule has 2 aromatic rings. The predicted octanol–water partition coefficient (Wildman–Crippen LogP) is 4.06. The van der Waals surface area contributed by atoms with Crippen molar-refractivity contribution >= 4 is 44.8 Å². The van der Waals surface area contributed by atoms with E-state index in [4.69, 9.17) is 21.6 Å². The van der Waals surface area contributed by atoms with Gasteiger partial charge < -0.3 is 15.0 Å². The summed E-state index contributed by atoms with van der Waals surface area (Å²) in [7, 11) is 3.32. The molecule has 24 heavy (non-hydrogen) atoms. The summed E-state index contributed by atoms with van der Waals surface area (Å²) in [5.41, 5.74) is 1.87. The Balaban J connectivity index is 2.10. The first-order chi connectivity index (χ1) is 11.4. The molecule has 0 aliphatic carbocycles. The molecule has 0 bridgehead atoms. The zero-order valence-corrected chi connectivity index (χ0v) is 15.5. The van der Waals surface area contributed by atoms with E-state index in [2.05, 4.69) is 27.3 Å². The van der Waals surface area contributed by atoms with Gasteiger partial charge in [0.1, 0.15) is 5.75 Å². The van der Waals surface area contributed by atoms with Crippen molar-refractivity contribution in [1.29, 1.82) is 5.26 Å². The Labute approximate surface area is 153 Å². The molecule has 0 atom stereocenters. The number of carbonyl (C=O) groups excluding carboxylic acids is 1. The quantitative estimate of drug-likeness (QED) is 0.810. The van der Waals surface area contributed by atoms with Gasteiger partial charge in [0.15, 0.2) is 0 Å². The van der Waals surface area contributed by atoms with Crippen molar-refractivity contribution in [2.75, 3.05) is 30.9 Å². The van der Waals surface area contributed by atoms with Crippen molar-refractivity contribution in [1.82, 2.24) is 0 Å². The van der Waals surface area contributed by atoms with Gasteiger partial charge in [-0.2, -0.15) is 5.26 Å². The number of anilines is 2. The number of ether oxygens (including phenoxy) is 1. The van der Waals surface area contributed by atoms with Gasteiger partial charge in [-0.05, 0) is 52.3 Å². The van der Waals surface area contributed by atoms with Gasteiger partial charge in [0.25, 0.3) is 0 Å². The van der Waals surface area contributed by atoms with Crippen molar-refractivity contribution < 1.29 is 9.53 Å². The van der Waals surface area contributed by atoms with Gasteiger partial charge in [0, 0.05) is 16.5 Å². The average molecular weight is 409 g/mol. The molecule has 0 aliphatic rings. The third-order valence-electron chi connectivity index (χ3n) is 3.30. The SMILES string of the molecule is COc1ccc(Cl)cc1NC(=O)CN(C)c1ccc(C#N)cc1Br. The fourth-order valence-electron chi connectivity index (χ4n) is 2.15. The Kier molecular flexibility index (Phi) is 6.07. The second-order valence-corrected chi connectivity index (χ2v) is 6.32. The lowest BCUT2D eigenvalue weighted by Gasteiger charge is -2.20. The Morgan fingerprint density at radius 2 is 2.12 bits per heavy atom. The number of benzene rings is 2. The van der Waals surface area contributed by atoms with Crippen molar-refractivity contribution in [2.45, 2.75) is 0 Å². The number of hydrogen-bond acceptors (Lipinski definition) is 4. The molecular weight excluding hydrogens is 394 g/mol. The molecule has 0 fully saturated rings. The standard InChI is InChI=1S/C17H15BrClN3O2/c1-22(15-5-3-11(9-20)7-13(15)18)10-17(23)21-14-8-12(19)4-6-16(14)24-2/h3-8H,10H2,1-2H3,(H,21,23). The highest BCUT2D eigenvalue weighted by molar-refractivity contribution is 9.10. The van der Waals surface area contributed by atoms with E-state index in [-0.39, 0.29) is 12.5 Å². The van der Waals surface area contributed by atoms with Crippen LogP contribution in [0.5, 0.6) is 5.75 Å². The van der Waals surface area contributed by atoms with E-state index < -0.39 is 0 Å². The minimum atomic E-state index is -0.214. The van der Waals surface area contributed by atoms with E-state index in [1.807, 2.05) is 0 Å². The maximum absolute atomic E-state index is 12.3. The smallest absolute Gasteiger partial charge is 0.243 e. The fraction of sp³-hybridized carbons (Fsp3) is 0.176. The summed E-state index contributed by atoms with van der Waals surface area (Å²) in [5.74, 6) is 0.323. The van der Waals surface area contributed by atoms with Gasteiger partial charge >= 0.3 is 0 Å². The Bertz CT molecular complexity index is 805. The lowest BCUT2D eigenvalue weighted by Crippen LogP contribution is -2.30. The molecule has 0 saturated heterocycles. The van der Waals surface area contributed by atoms with Gasteiger partial charge in [0.05, 0.1) is 36.7 Å². The maximum atomic E-state index is 12.3. The highest BCUT2D eigenvalue weighted by Crippen LogP contribution is 2.29. The molecule has 124 valence electrons. The van der Waals surface area contributed by atoms with Crippen molar-refractivity contribution in [3.8, 4) is 11.8 Å². The second kappa shape index (κ2) is 8.04. The van der Waals surface area contributed by atoms with Crippen LogP contribution in [-0.2, 0) is 4.79 Å². The minimum absolute atomic E-state index is 0.125. The number of likely N-dealkylation sites (N-methyl/N-ethyl adjacent to an activating group) is 1. The summed E-state index contributed by atoms with van der Waals surface area (Å²) in [6.07, 6.45) is 0. The topological polar surface area (TPSA) is 65.4 Å². The van der Waals surface area contributed by atoms with Crippen LogP contribution >= 0.6 is 27.5 Å². The zero-order chi connectivity index (χ0) is 17.7. The summed E-state index contributed by atoms with van der Waals surface area (Å²) in [4.78, 5) is 14.1. The van der Waals surface area contributed by atoms with Crippen LogP contribution in [0.25, 0.3) is 0 Å². The van der Waals surface area contributed by atoms with Gasteiger partial charge in [0.2, 0.25) is 5.91 Å². The van der Waals surface area contributed by atoms with Crippen molar-refractivity contribution in [2.24, 2.45) is 0 Å². The summed E-state index contributed by atoms with van der Waals surface area (Å²) in [6, 6.07) is 12.3. The summed E-state index contributed by atoms with van der Waals surface area (Å²) in [5, 5.41) is 12.2. The molecule has 0 spiro atoms. The Morgan fingerprint density at radius 1 is 1.38 bits per heavy atom. The van der Waals surface area contributed by atoms with E-state index in [0.29, 0.717) is 22.0 Å². The van der Waals surface area contributed by atoms with Crippen LogP contribution in [0, 0.1) is 11.3 Å². The van der Waals surface area contributed by atoms with E-state index in [9.17, 15) is 4.79 Å². The van der Waals surface area contributed by atoms with Crippen LogP contribution in [0.4, 0.5) is 11.4 Å². The molecule has 0 heterocycles. The van der Waals surface area contributed by atoms with Crippen molar-refractivity contribution in [3.05, 3.63) is 51.5 Å². The monoisotopic (exact) mass is 407 g/mol. The van der Waals surface area contributed by atoms with Gasteiger partial charge in [-0.25, -0.2) is 0 Å². The summed E-state index contributed by atoms with van der Waals surface area (Å²) in [6.45, 7) is 0.125. The van der Waals surface area contributed by atoms with E-state index in [1.165, 1.54) is 7.11 Å². The number of rotatable bonds is 5. The molecule has 2 aromatic carbocycles. The average Bonchev–Trinajstić information content (AvgIpc) is 2.54. The molecule has 0 saturated carbocycles. The van der Waals surface area contributed by atoms with Gasteiger partial charge in [-0.1, -0.05) is 11.6 Å². The van der Waals surface area contributed by atoms with Crippen LogP contribution in [0.1, 0.15) is 5.56 Å². The van der Waals surface area contributed by atoms with E-state index >= 15 is 0 Å². The minimum Gasteiger partial charge on any atom is -0.495 e. The molecule has 2 rings (SSSR count). The Hall–Kier alpha value is -2.23. The maximum Gasteiger partial charge on any atom is 0.243 e. The van der Waals surface area contributed by atoms with Gasteiger partial charge in [-0.15, -0.1) is 0 Å². The first-order valence-corrected chi connectivity index (χ1v) is 8.16. The van der Waals surface area contributed by atoms with E-state index in [1.54, 1.807) is 48.3 Å². The molecule has 0 aromatic heterocycles. The number of nitrogens with one attached hydrogen (secondary N) is 1. The van der Waals surface area contributed by atoms with Gasteiger partial charge in [-0.3, -0.25) is 4.79 Å².